The first kappa shape index (κ1) is 14.5. The Morgan fingerprint density at radius 2 is 2.18 bits per heavy atom. The Balaban J connectivity index is 1.75. The highest BCUT2D eigenvalue weighted by Gasteiger charge is 2.28. The van der Waals surface area contributed by atoms with Crippen molar-refractivity contribution in [3.8, 4) is 11.5 Å². The van der Waals surface area contributed by atoms with Gasteiger partial charge in [0.05, 0.1) is 17.9 Å². The molecule has 1 amide bonds. The van der Waals surface area contributed by atoms with E-state index < -0.39 is 0 Å². The predicted molar refractivity (Wildman–Crippen MR) is 85.0 cm³/mol. The molecule has 1 aromatic heterocycles. The molecule has 0 unspecified atom stereocenters. The molecule has 2 aromatic rings. The summed E-state index contributed by atoms with van der Waals surface area (Å²) < 4.78 is 5.81. The molecule has 114 valence electrons. The van der Waals surface area contributed by atoms with Gasteiger partial charge in [-0.1, -0.05) is 12.1 Å². The van der Waals surface area contributed by atoms with Crippen molar-refractivity contribution in [2.24, 2.45) is 0 Å². The summed E-state index contributed by atoms with van der Waals surface area (Å²) in [4.78, 5) is 18.5. The smallest absolute Gasteiger partial charge is 0.241 e. The summed E-state index contributed by atoms with van der Waals surface area (Å²) in [5.41, 5.74) is 0.677. The third-order valence-electron chi connectivity index (χ3n) is 3.83. The van der Waals surface area contributed by atoms with Crippen molar-refractivity contribution in [3.63, 3.8) is 0 Å². The van der Waals surface area contributed by atoms with Gasteiger partial charge in [-0.25, -0.2) is 0 Å². The van der Waals surface area contributed by atoms with Gasteiger partial charge in [0, 0.05) is 6.20 Å². The number of nitrogens with zero attached hydrogens (tertiary/aromatic N) is 2. The van der Waals surface area contributed by atoms with Crippen LogP contribution in [0.25, 0.3) is 0 Å². The number of carbonyl (C=O) groups excluding carboxylic acids is 1. The lowest BCUT2D eigenvalue weighted by Crippen LogP contribution is -2.37. The van der Waals surface area contributed by atoms with E-state index in [1.165, 1.54) is 0 Å². The monoisotopic (exact) mass is 297 g/mol. The first-order valence-corrected chi connectivity index (χ1v) is 7.42. The Hall–Kier alpha value is -2.40. The molecule has 0 radical (unpaired) electrons. The Kier molecular flexibility index (Phi) is 4.34. The maximum absolute atomic E-state index is 12.4. The molecule has 1 aromatic carbocycles. The highest BCUT2D eigenvalue weighted by atomic mass is 16.5. The summed E-state index contributed by atoms with van der Waals surface area (Å²) in [6, 6.07) is 11.0. The molecule has 1 saturated heterocycles. The van der Waals surface area contributed by atoms with Crippen LogP contribution in [0.4, 0.5) is 5.69 Å². The van der Waals surface area contributed by atoms with Gasteiger partial charge in [-0.05, 0) is 50.7 Å². The quantitative estimate of drug-likeness (QED) is 0.942. The number of hydrogen-bond donors (Lipinski definition) is 1. The van der Waals surface area contributed by atoms with Crippen LogP contribution < -0.4 is 10.1 Å². The van der Waals surface area contributed by atoms with Crippen molar-refractivity contribution in [2.75, 3.05) is 18.9 Å². The average molecular weight is 297 g/mol. The molecule has 1 aliphatic rings. The number of para-hydroxylation sites is 2. The van der Waals surface area contributed by atoms with Gasteiger partial charge in [-0.15, -0.1) is 0 Å². The van der Waals surface area contributed by atoms with Crippen LogP contribution in [0.2, 0.25) is 0 Å². The summed E-state index contributed by atoms with van der Waals surface area (Å²) >= 11 is 0. The number of pyridine rings is 1. The Bertz CT molecular complexity index is 645. The number of rotatable bonds is 4. The fraction of sp³-hybridized carbons (Fsp3) is 0.294. The number of ether oxygens (including phenoxy) is 1. The Morgan fingerprint density at radius 1 is 1.32 bits per heavy atom. The fourth-order valence-electron chi connectivity index (χ4n) is 2.65. The van der Waals surface area contributed by atoms with Crippen LogP contribution >= 0.6 is 0 Å². The van der Waals surface area contributed by atoms with Crippen LogP contribution in [-0.2, 0) is 4.79 Å². The lowest BCUT2D eigenvalue weighted by Gasteiger charge is -2.19. The molecular formula is C17H19N3O2. The topological polar surface area (TPSA) is 54.5 Å². The lowest BCUT2D eigenvalue weighted by molar-refractivity contribution is -0.119. The number of anilines is 1. The summed E-state index contributed by atoms with van der Waals surface area (Å²) in [7, 11) is 1.98. The zero-order valence-corrected chi connectivity index (χ0v) is 12.5. The minimum absolute atomic E-state index is 0.0160. The molecule has 0 spiro atoms. The SMILES string of the molecule is CN1CCC[C@@H]1C(=O)Nc1ccccc1Oc1cccnc1. The average Bonchev–Trinajstić information content (AvgIpc) is 2.96. The molecule has 0 aliphatic carbocycles. The van der Waals surface area contributed by atoms with Crippen molar-refractivity contribution in [3.05, 3.63) is 48.8 Å². The molecule has 5 nitrogen and oxygen atoms in total. The van der Waals surface area contributed by atoms with E-state index in [9.17, 15) is 4.79 Å². The maximum atomic E-state index is 12.4. The number of amides is 1. The van der Waals surface area contributed by atoms with Gasteiger partial charge in [0.2, 0.25) is 5.91 Å². The first-order chi connectivity index (χ1) is 10.7. The molecule has 5 heteroatoms. The maximum Gasteiger partial charge on any atom is 0.241 e. The summed E-state index contributed by atoms with van der Waals surface area (Å²) in [6.07, 6.45) is 5.29. The minimum Gasteiger partial charge on any atom is -0.454 e. The minimum atomic E-state index is -0.0635. The largest absolute Gasteiger partial charge is 0.454 e. The summed E-state index contributed by atoms with van der Waals surface area (Å²) in [5, 5.41) is 2.98. The molecule has 3 rings (SSSR count). The van der Waals surface area contributed by atoms with Gasteiger partial charge in [0.1, 0.15) is 5.75 Å². The third kappa shape index (κ3) is 3.26. The van der Waals surface area contributed by atoms with E-state index in [4.69, 9.17) is 4.74 Å². The molecule has 0 saturated carbocycles. The van der Waals surface area contributed by atoms with E-state index in [-0.39, 0.29) is 11.9 Å². The van der Waals surface area contributed by atoms with Gasteiger partial charge in [0.15, 0.2) is 5.75 Å². The van der Waals surface area contributed by atoms with E-state index in [0.29, 0.717) is 17.2 Å². The van der Waals surface area contributed by atoms with E-state index in [1.54, 1.807) is 12.4 Å². The second kappa shape index (κ2) is 6.58. The van der Waals surface area contributed by atoms with E-state index in [1.807, 2.05) is 43.4 Å². The molecule has 1 atom stereocenters. The summed E-state index contributed by atoms with van der Waals surface area (Å²) in [5.74, 6) is 1.27. The predicted octanol–water partition coefficient (Wildman–Crippen LogP) is 2.91. The molecular weight excluding hydrogens is 278 g/mol. The number of carbonyl (C=O) groups is 1. The Labute approximate surface area is 129 Å². The number of nitrogens with one attached hydrogen (secondary N) is 1. The number of likely N-dealkylation sites (N-methyl/N-ethyl adjacent to an activating group) is 1. The highest BCUT2D eigenvalue weighted by Crippen LogP contribution is 2.29. The van der Waals surface area contributed by atoms with Crippen LogP contribution in [-0.4, -0.2) is 35.4 Å². The standard InChI is InChI=1S/C17H19N3O2/c1-20-11-5-8-15(20)17(21)19-14-7-2-3-9-16(14)22-13-6-4-10-18-12-13/h2-4,6-7,9-10,12,15H,5,8,11H2,1H3,(H,19,21)/t15-/m1/s1. The number of benzene rings is 1. The van der Waals surface area contributed by atoms with Crippen LogP contribution in [0.15, 0.2) is 48.8 Å². The van der Waals surface area contributed by atoms with Gasteiger partial charge in [0.25, 0.3) is 0 Å². The lowest BCUT2D eigenvalue weighted by atomic mass is 10.2. The van der Waals surface area contributed by atoms with Crippen molar-refractivity contribution in [2.45, 2.75) is 18.9 Å². The summed E-state index contributed by atoms with van der Waals surface area (Å²) in [6.45, 7) is 0.964. The first-order valence-electron chi connectivity index (χ1n) is 7.42. The molecule has 2 heterocycles. The zero-order valence-electron chi connectivity index (χ0n) is 12.5. The van der Waals surface area contributed by atoms with Crippen LogP contribution in [0, 0.1) is 0 Å². The zero-order chi connectivity index (χ0) is 15.4. The van der Waals surface area contributed by atoms with Crippen molar-refractivity contribution in [1.29, 1.82) is 0 Å². The number of hydrogen-bond acceptors (Lipinski definition) is 4. The van der Waals surface area contributed by atoms with Crippen molar-refractivity contribution < 1.29 is 9.53 Å². The molecule has 1 aliphatic heterocycles. The van der Waals surface area contributed by atoms with Gasteiger partial charge >= 0.3 is 0 Å². The van der Waals surface area contributed by atoms with Crippen molar-refractivity contribution >= 4 is 11.6 Å². The normalized spacial score (nSPS) is 18.1. The van der Waals surface area contributed by atoms with E-state index in [0.717, 1.165) is 19.4 Å². The second-order valence-corrected chi connectivity index (χ2v) is 5.41. The van der Waals surface area contributed by atoms with Gasteiger partial charge < -0.3 is 10.1 Å². The van der Waals surface area contributed by atoms with Gasteiger partial charge in [-0.2, -0.15) is 0 Å². The van der Waals surface area contributed by atoms with Crippen LogP contribution in [0.1, 0.15) is 12.8 Å². The molecule has 0 bridgehead atoms. The molecule has 22 heavy (non-hydrogen) atoms. The highest BCUT2D eigenvalue weighted by molar-refractivity contribution is 5.96. The van der Waals surface area contributed by atoms with Crippen LogP contribution in [0.5, 0.6) is 11.5 Å². The number of likely N-dealkylation sites (tertiary alicyclic amines) is 1. The fourth-order valence-corrected chi connectivity index (χ4v) is 2.65. The molecule has 1 N–H and O–H groups in total. The number of aromatic nitrogens is 1. The van der Waals surface area contributed by atoms with E-state index >= 15 is 0 Å². The van der Waals surface area contributed by atoms with Crippen molar-refractivity contribution in [1.82, 2.24) is 9.88 Å². The molecule has 1 fully saturated rings. The van der Waals surface area contributed by atoms with Crippen LogP contribution in [0.3, 0.4) is 0 Å². The second-order valence-electron chi connectivity index (χ2n) is 5.41. The van der Waals surface area contributed by atoms with Gasteiger partial charge in [-0.3, -0.25) is 14.7 Å². The third-order valence-corrected chi connectivity index (χ3v) is 3.83. The Morgan fingerprint density at radius 3 is 2.91 bits per heavy atom. The van der Waals surface area contributed by atoms with E-state index in [2.05, 4.69) is 15.2 Å².